The minimum Gasteiger partial charge on any atom is -0.370 e. The van der Waals surface area contributed by atoms with E-state index in [0.717, 1.165) is 18.8 Å². The van der Waals surface area contributed by atoms with E-state index in [1.165, 1.54) is 12.1 Å². The van der Waals surface area contributed by atoms with E-state index < -0.39 is 0 Å². The number of hydrogen-bond acceptors (Lipinski definition) is 2. The zero-order chi connectivity index (χ0) is 10.2. The first-order chi connectivity index (χ1) is 6.63. The van der Waals surface area contributed by atoms with Crippen LogP contribution in [-0.2, 0) is 0 Å². The van der Waals surface area contributed by atoms with Crippen molar-refractivity contribution in [2.75, 3.05) is 24.5 Å². The minimum atomic E-state index is -0.184. The van der Waals surface area contributed by atoms with E-state index >= 15 is 0 Å². The maximum atomic E-state index is 12.7. The summed E-state index contributed by atoms with van der Waals surface area (Å²) < 4.78 is 12.7. The second-order valence-electron chi connectivity index (χ2n) is 4.35. The number of nitrogens with zero attached hydrogens (tertiary/aromatic N) is 1. The van der Waals surface area contributed by atoms with Gasteiger partial charge in [0.1, 0.15) is 5.82 Å². The molecule has 1 aromatic rings. The quantitative estimate of drug-likeness (QED) is 0.775. The van der Waals surface area contributed by atoms with Crippen LogP contribution in [-0.4, -0.2) is 19.6 Å². The van der Waals surface area contributed by atoms with Crippen LogP contribution in [0, 0.1) is 11.2 Å². The van der Waals surface area contributed by atoms with Crippen LogP contribution in [0.2, 0.25) is 0 Å². The fraction of sp³-hybridized carbons (Fsp3) is 0.455. The highest BCUT2D eigenvalue weighted by atomic mass is 19.1. The molecule has 1 heterocycles. The van der Waals surface area contributed by atoms with Crippen molar-refractivity contribution in [2.45, 2.75) is 6.92 Å². The van der Waals surface area contributed by atoms with E-state index in [9.17, 15) is 4.39 Å². The lowest BCUT2D eigenvalue weighted by atomic mass is 9.82. The summed E-state index contributed by atoms with van der Waals surface area (Å²) in [5.74, 6) is -0.184. The third-order valence-electron chi connectivity index (χ3n) is 2.83. The molecule has 3 heteroatoms. The summed E-state index contributed by atoms with van der Waals surface area (Å²) in [6.45, 7) is 4.82. The number of anilines is 1. The Morgan fingerprint density at radius 3 is 2.43 bits per heavy atom. The molecule has 14 heavy (non-hydrogen) atoms. The van der Waals surface area contributed by atoms with Gasteiger partial charge in [-0.25, -0.2) is 4.39 Å². The highest BCUT2D eigenvalue weighted by Gasteiger charge is 2.37. The van der Waals surface area contributed by atoms with Crippen molar-refractivity contribution < 1.29 is 4.39 Å². The van der Waals surface area contributed by atoms with Crippen molar-refractivity contribution in [1.82, 2.24) is 0 Å². The van der Waals surface area contributed by atoms with Crippen molar-refractivity contribution in [3.63, 3.8) is 0 Å². The Hall–Kier alpha value is -1.09. The predicted octanol–water partition coefficient (Wildman–Crippen LogP) is 1.61. The molecule has 1 aliphatic heterocycles. The maximum absolute atomic E-state index is 12.7. The van der Waals surface area contributed by atoms with E-state index in [0.29, 0.717) is 6.54 Å². The number of halogens is 1. The van der Waals surface area contributed by atoms with Crippen molar-refractivity contribution in [1.29, 1.82) is 0 Å². The normalized spacial score (nSPS) is 19.2. The molecular weight excluding hydrogens is 179 g/mol. The van der Waals surface area contributed by atoms with Crippen LogP contribution < -0.4 is 10.6 Å². The van der Waals surface area contributed by atoms with Gasteiger partial charge in [0.2, 0.25) is 0 Å². The fourth-order valence-electron chi connectivity index (χ4n) is 1.84. The summed E-state index contributed by atoms with van der Waals surface area (Å²) in [6.07, 6.45) is 0. The number of rotatable bonds is 2. The molecule has 2 rings (SSSR count). The van der Waals surface area contributed by atoms with E-state index in [1.807, 2.05) is 12.1 Å². The first-order valence-corrected chi connectivity index (χ1v) is 4.84. The summed E-state index contributed by atoms with van der Waals surface area (Å²) in [4.78, 5) is 2.21. The van der Waals surface area contributed by atoms with E-state index in [-0.39, 0.29) is 11.2 Å². The van der Waals surface area contributed by atoms with Gasteiger partial charge >= 0.3 is 0 Å². The lowest BCUT2D eigenvalue weighted by Crippen LogP contribution is -2.58. The Kier molecular flexibility index (Phi) is 2.19. The van der Waals surface area contributed by atoms with Crippen molar-refractivity contribution in [2.24, 2.45) is 11.1 Å². The van der Waals surface area contributed by atoms with Crippen molar-refractivity contribution in [3.05, 3.63) is 30.1 Å². The van der Waals surface area contributed by atoms with Crippen LogP contribution in [0.1, 0.15) is 6.92 Å². The molecule has 2 nitrogen and oxygen atoms in total. The van der Waals surface area contributed by atoms with Gasteiger partial charge in [0, 0.05) is 30.7 Å². The van der Waals surface area contributed by atoms with Gasteiger partial charge in [-0.05, 0) is 24.3 Å². The molecule has 0 radical (unpaired) electrons. The average Bonchev–Trinajstić information content (AvgIpc) is 2.15. The summed E-state index contributed by atoms with van der Waals surface area (Å²) >= 11 is 0. The van der Waals surface area contributed by atoms with Crippen LogP contribution in [0.15, 0.2) is 24.3 Å². The highest BCUT2D eigenvalue weighted by Crippen LogP contribution is 2.32. The fourth-order valence-corrected chi connectivity index (χ4v) is 1.84. The standard InChI is InChI=1S/C11H15FN2/c1-11(6-13)7-14(8-11)10-4-2-9(12)3-5-10/h2-5H,6-8,13H2,1H3. The largest absolute Gasteiger partial charge is 0.370 e. The lowest BCUT2D eigenvalue weighted by molar-refractivity contribution is 0.254. The number of nitrogens with two attached hydrogens (primary N) is 1. The third-order valence-corrected chi connectivity index (χ3v) is 2.83. The van der Waals surface area contributed by atoms with Crippen LogP contribution in [0.4, 0.5) is 10.1 Å². The smallest absolute Gasteiger partial charge is 0.123 e. The molecule has 2 N–H and O–H groups in total. The molecule has 1 aliphatic rings. The zero-order valence-corrected chi connectivity index (χ0v) is 8.33. The Morgan fingerprint density at radius 1 is 1.36 bits per heavy atom. The maximum Gasteiger partial charge on any atom is 0.123 e. The number of hydrogen-bond donors (Lipinski definition) is 1. The molecule has 1 fully saturated rings. The molecule has 1 aromatic carbocycles. The molecule has 0 aliphatic carbocycles. The molecule has 0 aromatic heterocycles. The molecular formula is C11H15FN2. The topological polar surface area (TPSA) is 29.3 Å². The van der Waals surface area contributed by atoms with Gasteiger partial charge in [-0.15, -0.1) is 0 Å². The highest BCUT2D eigenvalue weighted by molar-refractivity contribution is 5.49. The van der Waals surface area contributed by atoms with Gasteiger partial charge in [-0.1, -0.05) is 6.92 Å². The Bertz CT molecular complexity index is 315. The van der Waals surface area contributed by atoms with E-state index in [4.69, 9.17) is 5.73 Å². The van der Waals surface area contributed by atoms with Gasteiger partial charge in [-0.3, -0.25) is 0 Å². The van der Waals surface area contributed by atoms with E-state index in [2.05, 4.69) is 11.8 Å². The lowest BCUT2D eigenvalue weighted by Gasteiger charge is -2.49. The first-order valence-electron chi connectivity index (χ1n) is 4.84. The zero-order valence-electron chi connectivity index (χ0n) is 8.33. The predicted molar refractivity (Wildman–Crippen MR) is 55.8 cm³/mol. The molecule has 1 saturated heterocycles. The van der Waals surface area contributed by atoms with Crippen molar-refractivity contribution in [3.8, 4) is 0 Å². The van der Waals surface area contributed by atoms with Gasteiger partial charge in [0.25, 0.3) is 0 Å². The second-order valence-corrected chi connectivity index (χ2v) is 4.35. The van der Waals surface area contributed by atoms with Gasteiger partial charge < -0.3 is 10.6 Å². The molecule has 0 saturated carbocycles. The Morgan fingerprint density at radius 2 is 1.93 bits per heavy atom. The van der Waals surface area contributed by atoms with Crippen LogP contribution in [0.25, 0.3) is 0 Å². The monoisotopic (exact) mass is 194 g/mol. The summed E-state index contributed by atoms with van der Waals surface area (Å²) in [5, 5.41) is 0. The molecule has 76 valence electrons. The summed E-state index contributed by atoms with van der Waals surface area (Å²) in [7, 11) is 0. The van der Waals surface area contributed by atoms with Crippen LogP contribution in [0.3, 0.4) is 0 Å². The molecule has 0 unspecified atom stereocenters. The van der Waals surface area contributed by atoms with Gasteiger partial charge in [0.05, 0.1) is 0 Å². The Labute approximate surface area is 83.5 Å². The van der Waals surface area contributed by atoms with Gasteiger partial charge in [0.15, 0.2) is 0 Å². The molecule has 0 amide bonds. The summed E-state index contributed by atoms with van der Waals surface area (Å²) in [5.41, 5.74) is 6.97. The first kappa shape index (κ1) is 9.46. The average molecular weight is 194 g/mol. The molecule has 0 bridgehead atoms. The molecule has 0 spiro atoms. The van der Waals surface area contributed by atoms with Gasteiger partial charge in [-0.2, -0.15) is 0 Å². The summed E-state index contributed by atoms with van der Waals surface area (Å²) in [6, 6.07) is 6.61. The second kappa shape index (κ2) is 3.24. The van der Waals surface area contributed by atoms with Crippen LogP contribution >= 0.6 is 0 Å². The molecule has 0 atom stereocenters. The van der Waals surface area contributed by atoms with Crippen LogP contribution in [0.5, 0.6) is 0 Å². The SMILES string of the molecule is CC1(CN)CN(c2ccc(F)cc2)C1. The van der Waals surface area contributed by atoms with E-state index in [1.54, 1.807) is 0 Å². The minimum absolute atomic E-state index is 0.184. The van der Waals surface area contributed by atoms with Crippen molar-refractivity contribution >= 4 is 5.69 Å². The third kappa shape index (κ3) is 1.60. The Balaban J connectivity index is 2.03. The number of benzene rings is 1.